The number of hydrogen-bond donors (Lipinski definition) is 0. The van der Waals surface area contributed by atoms with Gasteiger partial charge in [-0.25, -0.2) is 19.3 Å². The Bertz CT molecular complexity index is 2400. The lowest BCUT2D eigenvalue weighted by Gasteiger charge is -2.17. The normalized spacial score (nSPS) is 11.8. The zero-order valence-corrected chi connectivity index (χ0v) is 25.2. The van der Waals surface area contributed by atoms with Crippen LogP contribution in [0.15, 0.2) is 146 Å². The molecule has 0 saturated heterocycles. The summed E-state index contributed by atoms with van der Waals surface area (Å²) in [7, 11) is 0. The lowest BCUT2D eigenvalue weighted by molar-refractivity contribution is -0.137. The molecule has 0 amide bonds. The zero-order chi connectivity index (χ0) is 32.8. The van der Waals surface area contributed by atoms with Gasteiger partial charge in [0.1, 0.15) is 5.82 Å². The molecular weight excluding hydrogens is 612 g/mol. The summed E-state index contributed by atoms with van der Waals surface area (Å²) in [5, 5.41) is 1.45. The Labute approximate surface area is 272 Å². The van der Waals surface area contributed by atoms with Gasteiger partial charge in [-0.3, -0.25) is 0 Å². The summed E-state index contributed by atoms with van der Waals surface area (Å²) in [5.41, 5.74) is 4.26. The number of halogens is 4. The average Bonchev–Trinajstić information content (AvgIpc) is 3.45. The summed E-state index contributed by atoms with van der Waals surface area (Å²) in [6, 6.07) is 42.1. The number of fused-ring (bicyclic) bond motifs is 3. The predicted octanol–water partition coefficient (Wildman–Crippen LogP) is 10.8. The number of benzene rings is 6. The molecule has 0 aliphatic carbocycles. The largest absolute Gasteiger partial charge is 0.416 e. The number of rotatable bonds is 5. The van der Waals surface area contributed by atoms with Crippen molar-refractivity contribution in [1.29, 1.82) is 0 Å². The summed E-state index contributed by atoms with van der Waals surface area (Å²) in [5.74, 6) is 0.900. The van der Waals surface area contributed by atoms with Crippen molar-refractivity contribution in [1.82, 2.24) is 19.5 Å². The van der Waals surface area contributed by atoms with Gasteiger partial charge in [0.05, 0.1) is 22.3 Å². The highest BCUT2D eigenvalue weighted by atomic mass is 19.4. The van der Waals surface area contributed by atoms with E-state index in [1.54, 1.807) is 16.7 Å². The van der Waals surface area contributed by atoms with E-state index in [-0.39, 0.29) is 0 Å². The third-order valence-electron chi connectivity index (χ3n) is 8.33. The summed E-state index contributed by atoms with van der Waals surface area (Å²) >= 11 is 0. The van der Waals surface area contributed by atoms with Crippen molar-refractivity contribution in [3.63, 3.8) is 0 Å². The fourth-order valence-corrected chi connectivity index (χ4v) is 6.10. The lowest BCUT2D eigenvalue weighted by Crippen LogP contribution is -2.05. The topological polar surface area (TPSA) is 43.6 Å². The maximum Gasteiger partial charge on any atom is 0.416 e. The van der Waals surface area contributed by atoms with Gasteiger partial charge in [0, 0.05) is 33.0 Å². The first-order valence-electron chi connectivity index (χ1n) is 15.2. The maximum absolute atomic E-state index is 14.6. The van der Waals surface area contributed by atoms with Crippen molar-refractivity contribution in [3.8, 4) is 51.0 Å². The van der Waals surface area contributed by atoms with Crippen LogP contribution in [0.5, 0.6) is 0 Å². The van der Waals surface area contributed by atoms with Crippen LogP contribution in [0.2, 0.25) is 0 Å². The van der Waals surface area contributed by atoms with E-state index in [9.17, 15) is 17.6 Å². The number of alkyl halides is 3. The first kappa shape index (κ1) is 29.3. The van der Waals surface area contributed by atoms with Gasteiger partial charge in [0.15, 0.2) is 17.5 Å². The van der Waals surface area contributed by atoms with E-state index in [4.69, 9.17) is 15.0 Å². The molecule has 0 saturated carbocycles. The van der Waals surface area contributed by atoms with E-state index in [1.165, 1.54) is 24.3 Å². The minimum absolute atomic E-state index is 0.367. The fourth-order valence-electron chi connectivity index (χ4n) is 6.10. The van der Waals surface area contributed by atoms with Crippen LogP contribution in [0.25, 0.3) is 72.8 Å². The molecule has 0 atom stereocenters. The highest BCUT2D eigenvalue weighted by molar-refractivity contribution is 6.10. The molecule has 0 radical (unpaired) electrons. The molecule has 0 aliphatic rings. The van der Waals surface area contributed by atoms with E-state index in [0.717, 1.165) is 22.6 Å². The van der Waals surface area contributed by atoms with Gasteiger partial charge in [-0.15, -0.1) is 0 Å². The molecule has 2 heterocycles. The number of hydrogen-bond acceptors (Lipinski definition) is 3. The van der Waals surface area contributed by atoms with Gasteiger partial charge in [-0.05, 0) is 42.0 Å². The van der Waals surface area contributed by atoms with Crippen LogP contribution < -0.4 is 0 Å². The SMILES string of the molecule is Fc1cccc(-c2ccc(-c3nc(-c4ccccc4)nc(-c4ccccc4)n3)cc2-n2c3ccccc3c3ccc(C(F)(F)F)cc32)c1. The molecule has 8 rings (SSSR count). The predicted molar refractivity (Wildman–Crippen MR) is 181 cm³/mol. The van der Waals surface area contributed by atoms with Crippen molar-refractivity contribution in [2.24, 2.45) is 0 Å². The highest BCUT2D eigenvalue weighted by Crippen LogP contribution is 2.40. The monoisotopic (exact) mass is 636 g/mol. The van der Waals surface area contributed by atoms with Crippen LogP contribution in [-0.2, 0) is 6.18 Å². The number of nitrogens with zero attached hydrogens (tertiary/aromatic N) is 4. The van der Waals surface area contributed by atoms with E-state index < -0.39 is 17.6 Å². The summed E-state index contributed by atoms with van der Waals surface area (Å²) in [6.07, 6.45) is -4.55. The Balaban J connectivity index is 1.43. The Morgan fingerprint density at radius 2 is 1.04 bits per heavy atom. The fraction of sp³-hybridized carbons (Fsp3) is 0.0250. The molecule has 48 heavy (non-hydrogen) atoms. The van der Waals surface area contributed by atoms with E-state index in [2.05, 4.69) is 0 Å². The molecule has 0 bridgehead atoms. The van der Waals surface area contributed by atoms with Crippen molar-refractivity contribution < 1.29 is 17.6 Å². The molecule has 8 aromatic rings. The maximum atomic E-state index is 14.6. The molecule has 0 spiro atoms. The van der Waals surface area contributed by atoms with Crippen LogP contribution in [-0.4, -0.2) is 19.5 Å². The zero-order valence-electron chi connectivity index (χ0n) is 25.2. The molecule has 232 valence electrons. The van der Waals surface area contributed by atoms with Crippen molar-refractivity contribution in [2.45, 2.75) is 6.18 Å². The van der Waals surface area contributed by atoms with Crippen LogP contribution in [0.1, 0.15) is 5.56 Å². The van der Waals surface area contributed by atoms with Crippen LogP contribution in [0.3, 0.4) is 0 Å². The van der Waals surface area contributed by atoms with Crippen molar-refractivity contribution in [3.05, 3.63) is 157 Å². The second-order valence-corrected chi connectivity index (χ2v) is 11.4. The van der Waals surface area contributed by atoms with Crippen molar-refractivity contribution in [2.75, 3.05) is 0 Å². The minimum atomic E-state index is -4.55. The third-order valence-corrected chi connectivity index (χ3v) is 8.33. The van der Waals surface area contributed by atoms with Gasteiger partial charge < -0.3 is 4.57 Å². The first-order chi connectivity index (χ1) is 23.3. The Morgan fingerprint density at radius 3 is 1.69 bits per heavy atom. The molecule has 8 heteroatoms. The Morgan fingerprint density at radius 1 is 0.458 bits per heavy atom. The molecular formula is C40H24F4N4. The van der Waals surface area contributed by atoms with Crippen LogP contribution in [0, 0.1) is 5.82 Å². The lowest BCUT2D eigenvalue weighted by atomic mass is 10.00. The Hall–Kier alpha value is -6.15. The van der Waals surface area contributed by atoms with E-state index in [0.29, 0.717) is 56.3 Å². The van der Waals surface area contributed by atoms with Gasteiger partial charge in [-0.2, -0.15) is 13.2 Å². The molecule has 6 aromatic carbocycles. The second kappa shape index (κ2) is 11.6. The quantitative estimate of drug-likeness (QED) is 0.177. The summed E-state index contributed by atoms with van der Waals surface area (Å²) in [4.78, 5) is 14.5. The highest BCUT2D eigenvalue weighted by Gasteiger charge is 2.31. The van der Waals surface area contributed by atoms with Crippen LogP contribution >= 0.6 is 0 Å². The molecule has 0 unspecified atom stereocenters. The van der Waals surface area contributed by atoms with Gasteiger partial charge >= 0.3 is 6.18 Å². The smallest absolute Gasteiger partial charge is 0.309 e. The molecule has 0 aliphatic heterocycles. The van der Waals surface area contributed by atoms with Crippen molar-refractivity contribution >= 4 is 21.8 Å². The van der Waals surface area contributed by atoms with Gasteiger partial charge in [0.2, 0.25) is 0 Å². The van der Waals surface area contributed by atoms with Gasteiger partial charge in [0.25, 0.3) is 0 Å². The third kappa shape index (κ3) is 5.27. The number of para-hydroxylation sites is 1. The molecule has 4 nitrogen and oxygen atoms in total. The average molecular weight is 637 g/mol. The number of aromatic nitrogens is 4. The van der Waals surface area contributed by atoms with E-state index >= 15 is 0 Å². The van der Waals surface area contributed by atoms with Gasteiger partial charge in [-0.1, -0.05) is 109 Å². The standard InChI is InChI=1S/C40H24F4N4/c41-30-15-9-14-27(22-30)31-20-18-28(39-46-37(25-10-3-1-4-11-25)45-38(47-39)26-12-5-2-6-13-26)23-35(31)48-34-17-8-7-16-32(34)33-21-19-29(24-36(33)48)40(42,43)44/h1-24H. The minimum Gasteiger partial charge on any atom is -0.309 e. The molecule has 2 aromatic heterocycles. The molecule has 0 fully saturated rings. The molecule has 0 N–H and O–H groups in total. The first-order valence-corrected chi connectivity index (χ1v) is 15.2. The van der Waals surface area contributed by atoms with Crippen LogP contribution in [0.4, 0.5) is 17.6 Å². The Kier molecular flexibility index (Phi) is 7.06. The summed E-state index contributed by atoms with van der Waals surface area (Å²) in [6.45, 7) is 0. The summed E-state index contributed by atoms with van der Waals surface area (Å²) < 4.78 is 58.6. The second-order valence-electron chi connectivity index (χ2n) is 11.4. The van der Waals surface area contributed by atoms with E-state index in [1.807, 2.05) is 103 Å².